The van der Waals surface area contributed by atoms with E-state index in [4.69, 9.17) is 9.47 Å². The molecule has 4 rings (SSSR count). The summed E-state index contributed by atoms with van der Waals surface area (Å²) in [6, 6.07) is 11.0. The Labute approximate surface area is 161 Å². The van der Waals surface area contributed by atoms with Crippen molar-refractivity contribution in [2.45, 2.75) is 25.3 Å². The quantitative estimate of drug-likeness (QED) is 0.709. The standard InChI is InChI=1S/C21H21N3O4/c1-27-18-9-12-7-8-16(15(12)10-19(18)28-2)22-20(25)11-17-13-5-3-4-6-14(13)21(26)24-23-17/h3-6,9-10,16H,7-8,11H2,1-2H3,(H,22,25)(H,24,26). The Morgan fingerprint density at radius 2 is 1.89 bits per heavy atom. The SMILES string of the molecule is COc1cc2c(cc1OC)C(NC(=O)Cc1n[nH]c(=O)c3ccccc13)CC2. The van der Waals surface area contributed by atoms with E-state index in [2.05, 4.69) is 15.5 Å². The monoisotopic (exact) mass is 379 g/mol. The molecule has 2 N–H and O–H groups in total. The molecule has 1 unspecified atom stereocenters. The Kier molecular flexibility index (Phi) is 4.73. The number of benzene rings is 2. The summed E-state index contributed by atoms with van der Waals surface area (Å²) in [4.78, 5) is 24.6. The first kappa shape index (κ1) is 18.0. The van der Waals surface area contributed by atoms with Crippen molar-refractivity contribution in [3.63, 3.8) is 0 Å². The second-order valence-corrected chi connectivity index (χ2v) is 6.79. The van der Waals surface area contributed by atoms with Gasteiger partial charge in [-0.15, -0.1) is 0 Å². The molecule has 1 aliphatic rings. The molecule has 1 amide bonds. The van der Waals surface area contributed by atoms with Crippen LogP contribution < -0.4 is 20.3 Å². The van der Waals surface area contributed by atoms with Crippen molar-refractivity contribution in [3.05, 3.63) is 63.6 Å². The third-order valence-corrected chi connectivity index (χ3v) is 5.16. The van der Waals surface area contributed by atoms with E-state index in [1.165, 1.54) is 0 Å². The van der Waals surface area contributed by atoms with Crippen LogP contribution in [0, 0.1) is 0 Å². The summed E-state index contributed by atoms with van der Waals surface area (Å²) in [6.07, 6.45) is 1.77. The van der Waals surface area contributed by atoms with E-state index in [0.29, 0.717) is 28.0 Å². The molecule has 0 saturated carbocycles. The van der Waals surface area contributed by atoms with Crippen LogP contribution in [0.1, 0.15) is 29.3 Å². The fourth-order valence-corrected chi connectivity index (χ4v) is 3.79. The summed E-state index contributed by atoms with van der Waals surface area (Å²) in [5.41, 5.74) is 2.49. The van der Waals surface area contributed by atoms with E-state index in [9.17, 15) is 9.59 Å². The van der Waals surface area contributed by atoms with Crippen molar-refractivity contribution in [1.82, 2.24) is 15.5 Å². The normalized spacial score (nSPS) is 15.3. The first-order chi connectivity index (χ1) is 13.6. The van der Waals surface area contributed by atoms with E-state index >= 15 is 0 Å². The number of H-pyrrole nitrogens is 1. The zero-order valence-corrected chi connectivity index (χ0v) is 15.7. The van der Waals surface area contributed by atoms with Crippen molar-refractivity contribution in [2.24, 2.45) is 0 Å². The number of fused-ring (bicyclic) bond motifs is 2. The highest BCUT2D eigenvalue weighted by Crippen LogP contribution is 2.39. The molecule has 0 fully saturated rings. The van der Waals surface area contributed by atoms with Gasteiger partial charge < -0.3 is 14.8 Å². The minimum atomic E-state index is -0.259. The van der Waals surface area contributed by atoms with Gasteiger partial charge in [0, 0.05) is 5.39 Å². The van der Waals surface area contributed by atoms with Crippen molar-refractivity contribution >= 4 is 16.7 Å². The molecule has 0 spiro atoms. The van der Waals surface area contributed by atoms with Gasteiger partial charge >= 0.3 is 0 Å². The first-order valence-electron chi connectivity index (χ1n) is 9.11. The second kappa shape index (κ2) is 7.34. The average molecular weight is 379 g/mol. The third-order valence-electron chi connectivity index (χ3n) is 5.16. The maximum absolute atomic E-state index is 12.7. The van der Waals surface area contributed by atoms with Crippen LogP contribution in [-0.4, -0.2) is 30.3 Å². The number of carbonyl (C=O) groups excluding carboxylic acids is 1. The van der Waals surface area contributed by atoms with Crippen molar-refractivity contribution in [1.29, 1.82) is 0 Å². The molecule has 1 heterocycles. The fourth-order valence-electron chi connectivity index (χ4n) is 3.79. The van der Waals surface area contributed by atoms with E-state index in [1.807, 2.05) is 24.3 Å². The van der Waals surface area contributed by atoms with Gasteiger partial charge in [-0.3, -0.25) is 9.59 Å². The van der Waals surface area contributed by atoms with Gasteiger partial charge in [0.15, 0.2) is 11.5 Å². The summed E-state index contributed by atoms with van der Waals surface area (Å²) in [6.45, 7) is 0. The highest BCUT2D eigenvalue weighted by atomic mass is 16.5. The predicted molar refractivity (Wildman–Crippen MR) is 105 cm³/mol. The van der Waals surface area contributed by atoms with Gasteiger partial charge in [-0.25, -0.2) is 5.10 Å². The van der Waals surface area contributed by atoms with E-state index in [-0.39, 0.29) is 23.9 Å². The number of nitrogens with zero attached hydrogens (tertiary/aromatic N) is 1. The Bertz CT molecular complexity index is 1110. The summed E-state index contributed by atoms with van der Waals surface area (Å²) < 4.78 is 10.7. The smallest absolute Gasteiger partial charge is 0.272 e. The molecule has 2 aromatic carbocycles. The number of hydrogen-bond donors (Lipinski definition) is 2. The number of aryl methyl sites for hydroxylation is 1. The Morgan fingerprint density at radius 1 is 1.18 bits per heavy atom. The molecule has 28 heavy (non-hydrogen) atoms. The van der Waals surface area contributed by atoms with E-state index in [0.717, 1.165) is 24.0 Å². The third kappa shape index (κ3) is 3.19. The van der Waals surface area contributed by atoms with E-state index in [1.54, 1.807) is 26.4 Å². The minimum Gasteiger partial charge on any atom is -0.493 e. The lowest BCUT2D eigenvalue weighted by molar-refractivity contribution is -0.121. The molecule has 7 heteroatoms. The number of ether oxygens (including phenoxy) is 2. The molecule has 0 radical (unpaired) electrons. The Hall–Kier alpha value is -3.35. The highest BCUT2D eigenvalue weighted by Gasteiger charge is 2.26. The topological polar surface area (TPSA) is 93.3 Å². The highest BCUT2D eigenvalue weighted by molar-refractivity contribution is 5.88. The predicted octanol–water partition coefficient (Wildman–Crippen LogP) is 2.29. The number of carbonyl (C=O) groups is 1. The minimum absolute atomic E-state index is 0.0867. The summed E-state index contributed by atoms with van der Waals surface area (Å²) >= 11 is 0. The molecule has 144 valence electrons. The van der Waals surface area contributed by atoms with Crippen LogP contribution in [-0.2, 0) is 17.6 Å². The number of nitrogens with one attached hydrogen (secondary N) is 2. The number of hydrogen-bond acceptors (Lipinski definition) is 5. The fraction of sp³-hybridized carbons (Fsp3) is 0.286. The van der Waals surface area contributed by atoms with Crippen LogP contribution in [0.25, 0.3) is 10.8 Å². The maximum Gasteiger partial charge on any atom is 0.272 e. The van der Waals surface area contributed by atoms with Crippen molar-refractivity contribution in [3.8, 4) is 11.5 Å². The summed E-state index contributed by atoms with van der Waals surface area (Å²) in [7, 11) is 3.21. The number of rotatable bonds is 5. The molecule has 0 saturated heterocycles. The molecule has 0 aliphatic heterocycles. The molecule has 1 atom stereocenters. The molecule has 1 aromatic heterocycles. The van der Waals surface area contributed by atoms with Crippen LogP contribution in [0.5, 0.6) is 11.5 Å². The molecular formula is C21H21N3O4. The van der Waals surface area contributed by atoms with Gasteiger partial charge in [-0.2, -0.15) is 5.10 Å². The van der Waals surface area contributed by atoms with E-state index < -0.39 is 0 Å². The van der Waals surface area contributed by atoms with Crippen LogP contribution in [0.15, 0.2) is 41.2 Å². The van der Waals surface area contributed by atoms with Gasteiger partial charge in [-0.05, 0) is 42.2 Å². The van der Waals surface area contributed by atoms with Crippen molar-refractivity contribution in [2.75, 3.05) is 14.2 Å². The lowest BCUT2D eigenvalue weighted by Crippen LogP contribution is -2.29. The van der Waals surface area contributed by atoms with Gasteiger partial charge in [0.1, 0.15) is 0 Å². The number of aromatic nitrogens is 2. The van der Waals surface area contributed by atoms with Crippen LogP contribution in [0.4, 0.5) is 0 Å². The maximum atomic E-state index is 12.7. The zero-order valence-electron chi connectivity index (χ0n) is 15.7. The molecular weight excluding hydrogens is 358 g/mol. The Morgan fingerprint density at radius 3 is 2.64 bits per heavy atom. The van der Waals surface area contributed by atoms with Crippen LogP contribution in [0.2, 0.25) is 0 Å². The van der Waals surface area contributed by atoms with Gasteiger partial charge in [0.25, 0.3) is 5.56 Å². The molecule has 0 bridgehead atoms. The largest absolute Gasteiger partial charge is 0.493 e. The van der Waals surface area contributed by atoms with Gasteiger partial charge in [0.2, 0.25) is 5.91 Å². The Balaban J connectivity index is 1.55. The molecule has 1 aliphatic carbocycles. The van der Waals surface area contributed by atoms with Gasteiger partial charge in [-0.1, -0.05) is 18.2 Å². The summed E-state index contributed by atoms with van der Waals surface area (Å²) in [5.74, 6) is 1.20. The van der Waals surface area contributed by atoms with Gasteiger partial charge in [0.05, 0.1) is 37.8 Å². The lowest BCUT2D eigenvalue weighted by atomic mass is 10.1. The number of methoxy groups -OCH3 is 2. The molecule has 7 nitrogen and oxygen atoms in total. The molecule has 3 aromatic rings. The zero-order chi connectivity index (χ0) is 19.7. The van der Waals surface area contributed by atoms with Crippen LogP contribution in [0.3, 0.4) is 0 Å². The van der Waals surface area contributed by atoms with Crippen LogP contribution >= 0.6 is 0 Å². The second-order valence-electron chi connectivity index (χ2n) is 6.79. The summed E-state index contributed by atoms with van der Waals surface area (Å²) in [5, 5.41) is 10.9. The lowest BCUT2D eigenvalue weighted by Gasteiger charge is -2.16. The first-order valence-corrected chi connectivity index (χ1v) is 9.11. The van der Waals surface area contributed by atoms with Crippen molar-refractivity contribution < 1.29 is 14.3 Å². The number of amides is 1. The average Bonchev–Trinajstić information content (AvgIpc) is 3.10. The number of aromatic amines is 1.